The summed E-state index contributed by atoms with van der Waals surface area (Å²) in [7, 11) is -2.94. The fraction of sp³-hybridized carbons (Fsp3) is 0.923. The number of hydrogen-bond donors (Lipinski definition) is 1. The number of rotatable bonds is 2. The van der Waals surface area contributed by atoms with E-state index < -0.39 is 9.84 Å². The minimum atomic E-state index is -2.94. The topological polar surface area (TPSA) is 75.8 Å². The van der Waals surface area contributed by atoms with Gasteiger partial charge in [-0.05, 0) is 31.6 Å². The van der Waals surface area contributed by atoms with Crippen LogP contribution in [0.3, 0.4) is 0 Å². The molecule has 2 aliphatic heterocycles. The Hall–Kier alpha value is -0.780. The first kappa shape index (κ1) is 14.6. The van der Waals surface area contributed by atoms with Gasteiger partial charge in [0.05, 0.1) is 17.5 Å². The van der Waals surface area contributed by atoms with Crippen LogP contribution in [0.25, 0.3) is 0 Å². The van der Waals surface area contributed by atoms with Crippen LogP contribution in [0.2, 0.25) is 0 Å². The van der Waals surface area contributed by atoms with Crippen LogP contribution >= 0.6 is 0 Å². The van der Waals surface area contributed by atoms with E-state index in [9.17, 15) is 8.42 Å². The summed E-state index contributed by atoms with van der Waals surface area (Å²) >= 11 is 0. The smallest absolute Gasteiger partial charge is 0.191 e. The molecule has 0 amide bonds. The lowest BCUT2D eigenvalue weighted by Crippen LogP contribution is -2.44. The lowest BCUT2D eigenvalue weighted by molar-refractivity contribution is 0.270. The van der Waals surface area contributed by atoms with Crippen molar-refractivity contribution in [3.8, 4) is 0 Å². The van der Waals surface area contributed by atoms with Crippen LogP contribution in [-0.2, 0) is 9.84 Å². The molecule has 0 radical (unpaired) electrons. The van der Waals surface area contributed by atoms with E-state index in [1.54, 1.807) is 0 Å². The molecule has 110 valence electrons. The predicted octanol–water partition coefficient (Wildman–Crippen LogP) is 1.00. The first-order valence-electron chi connectivity index (χ1n) is 7.25. The number of guanidine groups is 1. The average Bonchev–Trinajstić information content (AvgIpc) is 2.36. The summed E-state index contributed by atoms with van der Waals surface area (Å²) < 4.78 is 23.8. The van der Waals surface area contributed by atoms with E-state index in [1.165, 1.54) is 6.42 Å². The molecule has 0 saturated carbocycles. The molecule has 0 aromatic carbocycles. The maximum absolute atomic E-state index is 11.9. The number of likely N-dealkylation sites (tertiary alicyclic amines) is 1. The van der Waals surface area contributed by atoms with Crippen LogP contribution in [0, 0.1) is 5.92 Å². The van der Waals surface area contributed by atoms with Gasteiger partial charge in [-0.3, -0.25) is 4.99 Å². The van der Waals surface area contributed by atoms with E-state index in [-0.39, 0.29) is 5.25 Å². The molecule has 0 bridgehead atoms. The lowest BCUT2D eigenvalue weighted by atomic mass is 10.0. The van der Waals surface area contributed by atoms with E-state index in [1.807, 2.05) is 0 Å². The summed E-state index contributed by atoms with van der Waals surface area (Å²) in [6.45, 7) is 4.42. The first-order valence-corrected chi connectivity index (χ1v) is 8.97. The van der Waals surface area contributed by atoms with Crippen LogP contribution < -0.4 is 5.73 Å². The maximum Gasteiger partial charge on any atom is 0.191 e. The molecule has 0 spiro atoms. The van der Waals surface area contributed by atoms with E-state index >= 15 is 0 Å². The molecule has 6 heteroatoms. The molecule has 2 rings (SSSR count). The second-order valence-electron chi connectivity index (χ2n) is 5.88. The third-order valence-electron chi connectivity index (χ3n) is 4.15. The lowest BCUT2D eigenvalue weighted by Gasteiger charge is -2.32. The van der Waals surface area contributed by atoms with E-state index in [0.29, 0.717) is 24.2 Å². The molecule has 0 aromatic heterocycles. The Labute approximate surface area is 116 Å². The fourth-order valence-electron chi connectivity index (χ4n) is 2.92. The van der Waals surface area contributed by atoms with Gasteiger partial charge in [0.15, 0.2) is 15.8 Å². The summed E-state index contributed by atoms with van der Waals surface area (Å²) in [5.41, 5.74) is 6.00. The van der Waals surface area contributed by atoms with E-state index in [4.69, 9.17) is 5.73 Å². The third-order valence-corrected chi connectivity index (χ3v) is 6.41. The van der Waals surface area contributed by atoms with Gasteiger partial charge in [0, 0.05) is 13.1 Å². The third kappa shape index (κ3) is 3.84. The highest BCUT2D eigenvalue weighted by molar-refractivity contribution is 7.92. The highest BCUT2D eigenvalue weighted by atomic mass is 32.2. The van der Waals surface area contributed by atoms with Crippen molar-refractivity contribution < 1.29 is 8.42 Å². The minimum absolute atomic E-state index is 0.313. The number of hydrogen-bond acceptors (Lipinski definition) is 3. The largest absolute Gasteiger partial charge is 0.370 e. The Bertz CT molecular complexity index is 433. The molecular weight excluding hydrogens is 262 g/mol. The SMILES string of the molecule is C[C@H]1CCCN(C(N)=NC[C@H]2CCCCS2(=O)=O)C1. The van der Waals surface area contributed by atoms with Gasteiger partial charge in [0.2, 0.25) is 0 Å². The zero-order valence-electron chi connectivity index (χ0n) is 11.7. The molecule has 2 atom stereocenters. The Morgan fingerprint density at radius 1 is 1.32 bits per heavy atom. The summed E-state index contributed by atoms with van der Waals surface area (Å²) in [5.74, 6) is 1.47. The van der Waals surface area contributed by atoms with Gasteiger partial charge in [0.1, 0.15) is 0 Å². The molecule has 2 saturated heterocycles. The molecule has 2 aliphatic rings. The van der Waals surface area contributed by atoms with Crippen LogP contribution in [-0.4, -0.2) is 49.9 Å². The highest BCUT2D eigenvalue weighted by Crippen LogP contribution is 2.20. The summed E-state index contributed by atoms with van der Waals surface area (Å²) in [6.07, 6.45) is 4.89. The molecule has 0 aliphatic carbocycles. The zero-order chi connectivity index (χ0) is 13.9. The molecule has 19 heavy (non-hydrogen) atoms. The quantitative estimate of drug-likeness (QED) is 0.607. The average molecular weight is 287 g/mol. The van der Waals surface area contributed by atoms with Gasteiger partial charge in [0.25, 0.3) is 0 Å². The molecule has 2 N–H and O–H groups in total. The van der Waals surface area contributed by atoms with Gasteiger partial charge < -0.3 is 10.6 Å². The highest BCUT2D eigenvalue weighted by Gasteiger charge is 2.28. The van der Waals surface area contributed by atoms with Crippen molar-refractivity contribution in [3.63, 3.8) is 0 Å². The second kappa shape index (κ2) is 6.11. The van der Waals surface area contributed by atoms with Gasteiger partial charge in [-0.25, -0.2) is 8.42 Å². The number of nitrogens with two attached hydrogens (primary N) is 1. The Morgan fingerprint density at radius 2 is 2.11 bits per heavy atom. The first-order chi connectivity index (χ1) is 8.99. The Morgan fingerprint density at radius 3 is 2.79 bits per heavy atom. The van der Waals surface area contributed by atoms with Crippen molar-refractivity contribution in [3.05, 3.63) is 0 Å². The number of piperidine rings is 1. The molecule has 0 aromatic rings. The number of nitrogens with zero attached hydrogens (tertiary/aromatic N) is 2. The molecular formula is C13H25N3O2S. The van der Waals surface area contributed by atoms with Gasteiger partial charge >= 0.3 is 0 Å². The standard InChI is InChI=1S/C13H25N3O2S/c1-11-5-4-7-16(10-11)13(14)15-9-12-6-2-3-8-19(12,17)18/h11-12H,2-10H2,1H3,(H2,14,15)/t11-,12+/m0/s1. The molecule has 2 heterocycles. The maximum atomic E-state index is 11.9. The van der Waals surface area contributed by atoms with Crippen LogP contribution in [0.15, 0.2) is 4.99 Å². The van der Waals surface area contributed by atoms with Crippen molar-refractivity contribution in [2.75, 3.05) is 25.4 Å². The molecule has 5 nitrogen and oxygen atoms in total. The number of sulfone groups is 1. The fourth-order valence-corrected chi connectivity index (χ4v) is 4.69. The van der Waals surface area contributed by atoms with Crippen LogP contribution in [0.1, 0.15) is 39.0 Å². The summed E-state index contributed by atoms with van der Waals surface area (Å²) in [5, 5.41) is -0.318. The van der Waals surface area contributed by atoms with Crippen molar-refractivity contribution in [1.29, 1.82) is 0 Å². The molecule has 2 fully saturated rings. The van der Waals surface area contributed by atoms with Gasteiger partial charge in [-0.2, -0.15) is 0 Å². The normalized spacial score (nSPS) is 32.3. The van der Waals surface area contributed by atoms with Gasteiger partial charge in [-0.1, -0.05) is 13.3 Å². The Kier molecular flexibility index (Phi) is 4.71. The van der Waals surface area contributed by atoms with Crippen LogP contribution in [0.5, 0.6) is 0 Å². The van der Waals surface area contributed by atoms with Crippen molar-refractivity contribution in [1.82, 2.24) is 4.90 Å². The van der Waals surface area contributed by atoms with Crippen LogP contribution in [0.4, 0.5) is 0 Å². The summed E-state index contributed by atoms with van der Waals surface area (Å²) in [4.78, 5) is 6.43. The van der Waals surface area contributed by atoms with Crippen molar-refractivity contribution in [2.24, 2.45) is 16.6 Å². The zero-order valence-corrected chi connectivity index (χ0v) is 12.5. The second-order valence-corrected chi connectivity index (χ2v) is 8.28. The van der Waals surface area contributed by atoms with Crippen molar-refractivity contribution >= 4 is 15.8 Å². The van der Waals surface area contributed by atoms with E-state index in [0.717, 1.165) is 38.8 Å². The van der Waals surface area contributed by atoms with E-state index in [2.05, 4.69) is 16.8 Å². The summed E-state index contributed by atoms with van der Waals surface area (Å²) in [6, 6.07) is 0. The molecule has 0 unspecified atom stereocenters. The predicted molar refractivity (Wildman–Crippen MR) is 77.9 cm³/mol. The van der Waals surface area contributed by atoms with Crippen molar-refractivity contribution in [2.45, 2.75) is 44.3 Å². The Balaban J connectivity index is 1.93. The van der Waals surface area contributed by atoms with Gasteiger partial charge in [-0.15, -0.1) is 0 Å². The number of aliphatic imine (C=N–C) groups is 1. The minimum Gasteiger partial charge on any atom is -0.370 e. The monoisotopic (exact) mass is 287 g/mol.